The number of carboxylic acid groups (broad SMARTS) is 1. The van der Waals surface area contributed by atoms with Crippen LogP contribution < -0.4 is 5.32 Å². The Balaban J connectivity index is 1.74. The lowest BCUT2D eigenvalue weighted by Gasteiger charge is -2.27. The van der Waals surface area contributed by atoms with Crippen LogP contribution in [0, 0.1) is 0 Å². The van der Waals surface area contributed by atoms with E-state index >= 15 is 0 Å². The Bertz CT molecular complexity index is 878. The van der Waals surface area contributed by atoms with Crippen LogP contribution in [0.25, 0.3) is 10.9 Å². The van der Waals surface area contributed by atoms with E-state index in [1.165, 1.54) is 12.0 Å². The number of amides is 1. The summed E-state index contributed by atoms with van der Waals surface area (Å²) in [5.41, 5.74) is 1.90. The number of nitrogens with one attached hydrogen (secondary N) is 2. The molecule has 2 heterocycles. The molecular formula is C20H25N3O5. The van der Waals surface area contributed by atoms with E-state index in [2.05, 4.69) is 10.3 Å². The highest BCUT2D eigenvalue weighted by atomic mass is 16.5. The Morgan fingerprint density at radius 2 is 2.11 bits per heavy atom. The zero-order chi connectivity index (χ0) is 20.3. The molecule has 0 saturated carbocycles. The lowest BCUT2D eigenvalue weighted by molar-refractivity contribution is -0.149. The van der Waals surface area contributed by atoms with Gasteiger partial charge in [-0.2, -0.15) is 0 Å². The van der Waals surface area contributed by atoms with Crippen molar-refractivity contribution in [2.45, 2.75) is 44.3 Å². The molecule has 28 heavy (non-hydrogen) atoms. The molecule has 3 rings (SSSR count). The molecular weight excluding hydrogens is 362 g/mol. The second-order valence-electron chi connectivity index (χ2n) is 7.06. The van der Waals surface area contributed by atoms with E-state index in [1.54, 1.807) is 6.92 Å². The highest BCUT2D eigenvalue weighted by Gasteiger charge is 2.37. The minimum absolute atomic E-state index is 0.322. The van der Waals surface area contributed by atoms with Crippen LogP contribution in [0.3, 0.4) is 0 Å². The summed E-state index contributed by atoms with van der Waals surface area (Å²) in [5.74, 6) is -1.79. The first-order valence-electron chi connectivity index (χ1n) is 9.34. The van der Waals surface area contributed by atoms with E-state index < -0.39 is 30.1 Å². The second-order valence-corrected chi connectivity index (χ2v) is 7.06. The Morgan fingerprint density at radius 1 is 1.36 bits per heavy atom. The first kappa shape index (κ1) is 19.9. The molecule has 8 nitrogen and oxygen atoms in total. The van der Waals surface area contributed by atoms with Gasteiger partial charge in [0.2, 0.25) is 5.91 Å². The molecule has 2 aromatic rings. The van der Waals surface area contributed by atoms with Crippen molar-refractivity contribution < 1.29 is 24.2 Å². The van der Waals surface area contributed by atoms with Crippen LogP contribution in [0.2, 0.25) is 0 Å². The number of H-pyrrole nitrogens is 1. The molecule has 1 aromatic heterocycles. The van der Waals surface area contributed by atoms with Gasteiger partial charge in [0.15, 0.2) is 0 Å². The van der Waals surface area contributed by atoms with Crippen molar-refractivity contribution in [2.24, 2.45) is 0 Å². The van der Waals surface area contributed by atoms with Gasteiger partial charge in [0.1, 0.15) is 12.1 Å². The van der Waals surface area contributed by atoms with E-state index in [0.717, 1.165) is 16.5 Å². The number of fused-ring (bicyclic) bond motifs is 1. The van der Waals surface area contributed by atoms with E-state index in [-0.39, 0.29) is 5.91 Å². The van der Waals surface area contributed by atoms with Crippen LogP contribution in [-0.4, -0.2) is 64.6 Å². The van der Waals surface area contributed by atoms with Gasteiger partial charge in [0, 0.05) is 30.1 Å². The van der Waals surface area contributed by atoms with Crippen LogP contribution in [0.15, 0.2) is 30.5 Å². The molecule has 3 N–H and O–H groups in total. The van der Waals surface area contributed by atoms with Gasteiger partial charge in [-0.25, -0.2) is 4.79 Å². The predicted molar refractivity (Wildman–Crippen MR) is 103 cm³/mol. The molecule has 0 spiro atoms. The van der Waals surface area contributed by atoms with E-state index in [0.29, 0.717) is 25.8 Å². The number of nitrogens with zero attached hydrogens (tertiary/aromatic N) is 1. The molecule has 2 unspecified atom stereocenters. The van der Waals surface area contributed by atoms with Gasteiger partial charge in [0.05, 0.1) is 13.2 Å². The summed E-state index contributed by atoms with van der Waals surface area (Å²) in [6.07, 6.45) is 3.29. The summed E-state index contributed by atoms with van der Waals surface area (Å²) in [5, 5.41) is 13.3. The average molecular weight is 387 g/mol. The fraction of sp³-hybridized carbons (Fsp3) is 0.450. The molecule has 8 heteroatoms. The number of hydrogen-bond acceptors (Lipinski definition) is 5. The molecule has 1 aliphatic rings. The Kier molecular flexibility index (Phi) is 5.99. The zero-order valence-corrected chi connectivity index (χ0v) is 16.0. The molecule has 0 bridgehead atoms. The number of likely N-dealkylation sites (tertiary alicyclic amines) is 1. The zero-order valence-electron chi connectivity index (χ0n) is 16.0. The molecule has 0 radical (unpaired) electrons. The summed E-state index contributed by atoms with van der Waals surface area (Å²) < 4.78 is 4.91. The number of ether oxygens (including phenoxy) is 1. The SMILES string of the molecule is COC(=O)C(Cc1c[nH]c2ccccc12)NC(C)C(=O)N1CCC[C@H]1C(=O)O. The van der Waals surface area contributed by atoms with Crippen molar-refractivity contribution in [2.75, 3.05) is 13.7 Å². The number of carbonyl (C=O) groups excluding carboxylic acids is 2. The number of rotatable bonds is 7. The number of hydrogen-bond donors (Lipinski definition) is 3. The molecule has 1 aliphatic heterocycles. The summed E-state index contributed by atoms with van der Waals surface area (Å²) in [6.45, 7) is 2.05. The molecule has 3 atom stereocenters. The normalized spacial score (nSPS) is 18.8. The largest absolute Gasteiger partial charge is 0.480 e. The van der Waals surface area contributed by atoms with Gasteiger partial charge in [0.25, 0.3) is 0 Å². The van der Waals surface area contributed by atoms with Gasteiger partial charge >= 0.3 is 11.9 Å². The Hall–Kier alpha value is -2.87. The highest BCUT2D eigenvalue weighted by Crippen LogP contribution is 2.21. The number of aromatic amines is 1. The van der Waals surface area contributed by atoms with Crippen LogP contribution >= 0.6 is 0 Å². The third kappa shape index (κ3) is 4.01. The minimum atomic E-state index is -0.999. The number of carboxylic acids is 1. The molecule has 1 saturated heterocycles. The van der Waals surface area contributed by atoms with Crippen molar-refractivity contribution in [3.05, 3.63) is 36.0 Å². The average Bonchev–Trinajstić information content (AvgIpc) is 3.33. The minimum Gasteiger partial charge on any atom is -0.480 e. The fourth-order valence-corrected chi connectivity index (χ4v) is 3.78. The first-order valence-corrected chi connectivity index (χ1v) is 9.34. The number of carbonyl (C=O) groups is 3. The fourth-order valence-electron chi connectivity index (χ4n) is 3.78. The van der Waals surface area contributed by atoms with Gasteiger partial charge in [-0.05, 0) is 31.4 Å². The van der Waals surface area contributed by atoms with Crippen molar-refractivity contribution in [1.82, 2.24) is 15.2 Å². The summed E-state index contributed by atoms with van der Waals surface area (Å²) in [6, 6.07) is 5.52. The Morgan fingerprint density at radius 3 is 2.82 bits per heavy atom. The topological polar surface area (TPSA) is 112 Å². The predicted octanol–water partition coefficient (Wildman–Crippen LogP) is 1.31. The van der Waals surface area contributed by atoms with E-state index in [9.17, 15) is 19.5 Å². The quantitative estimate of drug-likeness (QED) is 0.618. The van der Waals surface area contributed by atoms with Gasteiger partial charge < -0.3 is 19.7 Å². The third-order valence-electron chi connectivity index (χ3n) is 5.23. The van der Waals surface area contributed by atoms with E-state index in [4.69, 9.17) is 4.74 Å². The number of aliphatic carboxylic acids is 1. The standard InChI is InChI=1S/C20H25N3O5/c1-12(18(24)23-9-5-8-17(23)19(25)26)22-16(20(27)28-2)10-13-11-21-15-7-4-3-6-14(13)15/h3-4,6-7,11-12,16-17,21-22H,5,8-10H2,1-2H3,(H,25,26)/t12?,16?,17-/m0/s1. The second kappa shape index (κ2) is 8.43. The van der Waals surface area contributed by atoms with Crippen molar-refractivity contribution >= 4 is 28.7 Å². The highest BCUT2D eigenvalue weighted by molar-refractivity contribution is 5.88. The monoisotopic (exact) mass is 387 g/mol. The number of esters is 1. The van der Waals surface area contributed by atoms with Crippen molar-refractivity contribution in [3.63, 3.8) is 0 Å². The number of para-hydroxylation sites is 1. The summed E-state index contributed by atoms with van der Waals surface area (Å²) in [4.78, 5) is 41.0. The summed E-state index contributed by atoms with van der Waals surface area (Å²) in [7, 11) is 1.31. The van der Waals surface area contributed by atoms with Crippen LogP contribution in [0.5, 0.6) is 0 Å². The number of methoxy groups -OCH3 is 1. The maximum atomic E-state index is 12.8. The molecule has 1 fully saturated rings. The van der Waals surface area contributed by atoms with Gasteiger partial charge in [-0.3, -0.25) is 14.9 Å². The molecule has 0 aliphatic carbocycles. The molecule has 1 amide bonds. The van der Waals surface area contributed by atoms with Crippen LogP contribution in [-0.2, 0) is 25.5 Å². The third-order valence-corrected chi connectivity index (χ3v) is 5.23. The maximum absolute atomic E-state index is 12.8. The lowest BCUT2D eigenvalue weighted by Crippen LogP contribution is -2.53. The van der Waals surface area contributed by atoms with Crippen molar-refractivity contribution in [3.8, 4) is 0 Å². The summed E-state index contributed by atoms with van der Waals surface area (Å²) >= 11 is 0. The van der Waals surface area contributed by atoms with E-state index in [1.807, 2.05) is 30.5 Å². The Labute approximate surface area is 162 Å². The van der Waals surface area contributed by atoms with Crippen LogP contribution in [0.4, 0.5) is 0 Å². The van der Waals surface area contributed by atoms with Gasteiger partial charge in [-0.15, -0.1) is 0 Å². The first-order chi connectivity index (χ1) is 13.4. The van der Waals surface area contributed by atoms with Crippen LogP contribution in [0.1, 0.15) is 25.3 Å². The maximum Gasteiger partial charge on any atom is 0.326 e. The number of aromatic nitrogens is 1. The molecule has 150 valence electrons. The van der Waals surface area contributed by atoms with Gasteiger partial charge in [-0.1, -0.05) is 18.2 Å². The number of benzene rings is 1. The smallest absolute Gasteiger partial charge is 0.326 e. The van der Waals surface area contributed by atoms with Crippen molar-refractivity contribution in [1.29, 1.82) is 0 Å². The molecule has 1 aromatic carbocycles. The lowest BCUT2D eigenvalue weighted by atomic mass is 10.0.